The maximum Gasteiger partial charge on any atom is 0.278 e. The fourth-order valence-electron chi connectivity index (χ4n) is 2.67. The number of nitro benzene ring substituents is 1. The average molecular weight is 371 g/mol. The number of hydrogen-bond donors (Lipinski definition) is 1. The smallest absolute Gasteiger partial charge is 0.278 e. The van der Waals surface area contributed by atoms with Gasteiger partial charge in [0.15, 0.2) is 0 Å². The van der Waals surface area contributed by atoms with Gasteiger partial charge >= 0.3 is 0 Å². The summed E-state index contributed by atoms with van der Waals surface area (Å²) in [5, 5.41) is 13.9. The zero-order chi connectivity index (χ0) is 18.5. The summed E-state index contributed by atoms with van der Waals surface area (Å²) in [5.74, 6) is -0.196. The van der Waals surface area contributed by atoms with Crippen molar-refractivity contribution in [1.29, 1.82) is 0 Å². The summed E-state index contributed by atoms with van der Waals surface area (Å²) in [5.41, 5.74) is 0.619. The van der Waals surface area contributed by atoms with Crippen LogP contribution in [0.15, 0.2) is 42.5 Å². The largest absolute Gasteiger partial charge is 0.354 e. The molecule has 1 aliphatic rings. The Morgan fingerprint density at radius 3 is 2.85 bits per heavy atom. The van der Waals surface area contributed by atoms with Crippen LogP contribution in [0.3, 0.4) is 0 Å². The monoisotopic (exact) mass is 371 g/mol. The minimum absolute atomic E-state index is 0.0448. The van der Waals surface area contributed by atoms with Crippen molar-refractivity contribution in [2.75, 3.05) is 19.6 Å². The first-order valence-electron chi connectivity index (χ1n) is 8.12. The van der Waals surface area contributed by atoms with E-state index in [-0.39, 0.29) is 17.5 Å². The molecular weight excluding hydrogens is 354 g/mol. The Labute approximate surface area is 154 Å². The van der Waals surface area contributed by atoms with E-state index in [4.69, 9.17) is 0 Å². The lowest BCUT2D eigenvalue weighted by atomic mass is 10.1. The number of benzene rings is 1. The van der Waals surface area contributed by atoms with Gasteiger partial charge in [-0.3, -0.25) is 19.7 Å². The third-order valence-electron chi connectivity index (χ3n) is 4.01. The van der Waals surface area contributed by atoms with Crippen molar-refractivity contribution in [3.63, 3.8) is 0 Å². The Bertz CT molecular complexity index is 875. The maximum atomic E-state index is 12.3. The van der Waals surface area contributed by atoms with Gasteiger partial charge in [0.2, 0.25) is 11.8 Å². The topological polar surface area (TPSA) is 92.5 Å². The summed E-state index contributed by atoms with van der Waals surface area (Å²) in [6.07, 6.45) is 3.48. The van der Waals surface area contributed by atoms with Crippen molar-refractivity contribution in [3.05, 3.63) is 57.5 Å². The van der Waals surface area contributed by atoms with E-state index < -0.39 is 4.92 Å². The average Bonchev–Trinajstić information content (AvgIpc) is 3.00. The molecule has 0 bridgehead atoms. The standard InChI is InChI=1S/C18H17N3O4S/c22-17-9-11-20(12-10-19-17)18(23)8-6-13-5-7-16(26-13)14-3-1-2-4-15(14)21(24)25/h1-8H,9-12H2,(H,19,22)/b8-6+. The first kappa shape index (κ1) is 17.8. The highest BCUT2D eigenvalue weighted by Crippen LogP contribution is 2.34. The van der Waals surface area contributed by atoms with Gasteiger partial charge in [-0.1, -0.05) is 12.1 Å². The molecule has 134 valence electrons. The number of para-hydroxylation sites is 1. The number of amides is 2. The van der Waals surface area contributed by atoms with Gasteiger partial charge in [0.05, 0.1) is 10.5 Å². The Balaban J connectivity index is 1.72. The molecule has 0 aliphatic carbocycles. The third kappa shape index (κ3) is 4.15. The highest BCUT2D eigenvalue weighted by atomic mass is 32.1. The van der Waals surface area contributed by atoms with Crippen LogP contribution in [0.2, 0.25) is 0 Å². The van der Waals surface area contributed by atoms with Crippen LogP contribution >= 0.6 is 11.3 Å². The van der Waals surface area contributed by atoms with E-state index >= 15 is 0 Å². The van der Waals surface area contributed by atoms with E-state index in [1.54, 1.807) is 29.2 Å². The molecule has 26 heavy (non-hydrogen) atoms. The van der Waals surface area contributed by atoms with Crippen molar-refractivity contribution in [1.82, 2.24) is 10.2 Å². The zero-order valence-electron chi connectivity index (χ0n) is 13.9. The molecule has 2 heterocycles. The molecule has 7 nitrogen and oxygen atoms in total. The van der Waals surface area contributed by atoms with Crippen molar-refractivity contribution in [2.45, 2.75) is 6.42 Å². The molecule has 1 aliphatic heterocycles. The van der Waals surface area contributed by atoms with E-state index in [2.05, 4.69) is 5.32 Å². The first-order chi connectivity index (χ1) is 12.5. The number of thiophene rings is 1. The van der Waals surface area contributed by atoms with E-state index in [9.17, 15) is 19.7 Å². The lowest BCUT2D eigenvalue weighted by Gasteiger charge is -2.16. The molecule has 0 saturated carbocycles. The number of carbonyl (C=O) groups excluding carboxylic acids is 2. The van der Waals surface area contributed by atoms with E-state index in [1.165, 1.54) is 23.5 Å². The van der Waals surface area contributed by atoms with Crippen LogP contribution in [0.4, 0.5) is 5.69 Å². The highest BCUT2D eigenvalue weighted by Gasteiger charge is 2.17. The minimum atomic E-state index is -0.400. The Hall–Kier alpha value is -3.00. The van der Waals surface area contributed by atoms with E-state index in [1.807, 2.05) is 12.1 Å². The van der Waals surface area contributed by atoms with Crippen LogP contribution < -0.4 is 5.32 Å². The van der Waals surface area contributed by atoms with Crippen molar-refractivity contribution >= 4 is 34.9 Å². The number of nitrogens with one attached hydrogen (secondary N) is 1. The molecule has 1 saturated heterocycles. The predicted molar refractivity (Wildman–Crippen MR) is 99.7 cm³/mol. The molecule has 0 atom stereocenters. The van der Waals surface area contributed by atoms with Gasteiger partial charge in [0.1, 0.15) is 0 Å². The number of nitro groups is 1. The van der Waals surface area contributed by atoms with Gasteiger partial charge < -0.3 is 10.2 Å². The molecule has 1 fully saturated rings. The predicted octanol–water partition coefficient (Wildman–Crippen LogP) is 2.69. The molecule has 0 spiro atoms. The molecule has 3 rings (SSSR count). The summed E-state index contributed by atoms with van der Waals surface area (Å²) in [4.78, 5) is 37.6. The lowest BCUT2D eigenvalue weighted by molar-refractivity contribution is -0.384. The Morgan fingerprint density at radius 2 is 2.04 bits per heavy atom. The Morgan fingerprint density at radius 1 is 1.23 bits per heavy atom. The van der Waals surface area contributed by atoms with Crippen LogP contribution in [0.1, 0.15) is 11.3 Å². The fraction of sp³-hybridized carbons (Fsp3) is 0.222. The third-order valence-corrected chi connectivity index (χ3v) is 5.09. The number of rotatable bonds is 4. The molecule has 1 aromatic carbocycles. The zero-order valence-corrected chi connectivity index (χ0v) is 14.7. The van der Waals surface area contributed by atoms with Gasteiger partial charge in [0.25, 0.3) is 5.69 Å². The van der Waals surface area contributed by atoms with E-state index in [0.29, 0.717) is 31.6 Å². The quantitative estimate of drug-likeness (QED) is 0.508. The summed E-state index contributed by atoms with van der Waals surface area (Å²) in [6.45, 7) is 1.35. The Kier molecular flexibility index (Phi) is 5.43. The molecule has 0 radical (unpaired) electrons. The summed E-state index contributed by atoms with van der Waals surface area (Å²) >= 11 is 1.38. The van der Waals surface area contributed by atoms with Crippen molar-refractivity contribution in [3.8, 4) is 10.4 Å². The fourth-order valence-corrected chi connectivity index (χ4v) is 3.62. The van der Waals surface area contributed by atoms with E-state index in [0.717, 1.165) is 9.75 Å². The van der Waals surface area contributed by atoms with Crippen LogP contribution in [0, 0.1) is 10.1 Å². The van der Waals surface area contributed by atoms with Crippen LogP contribution in [-0.2, 0) is 9.59 Å². The molecule has 2 amide bonds. The second kappa shape index (κ2) is 7.92. The molecule has 0 unspecified atom stereocenters. The van der Waals surface area contributed by atoms with Crippen molar-refractivity contribution < 1.29 is 14.5 Å². The second-order valence-corrected chi connectivity index (χ2v) is 6.85. The molecule has 1 N–H and O–H groups in total. The first-order valence-corrected chi connectivity index (χ1v) is 8.93. The molecular formula is C18H17N3O4S. The number of carbonyl (C=O) groups is 2. The normalized spacial score (nSPS) is 14.9. The highest BCUT2D eigenvalue weighted by molar-refractivity contribution is 7.16. The maximum absolute atomic E-state index is 12.3. The second-order valence-electron chi connectivity index (χ2n) is 5.73. The number of hydrogen-bond acceptors (Lipinski definition) is 5. The summed E-state index contributed by atoms with van der Waals surface area (Å²) in [7, 11) is 0. The van der Waals surface area contributed by atoms with Crippen LogP contribution in [-0.4, -0.2) is 41.3 Å². The van der Waals surface area contributed by atoms with Gasteiger partial charge in [-0.05, 0) is 24.3 Å². The summed E-state index contributed by atoms with van der Waals surface area (Å²) in [6, 6.07) is 10.2. The van der Waals surface area contributed by atoms with Gasteiger partial charge in [-0.15, -0.1) is 11.3 Å². The number of nitrogens with zero attached hydrogens (tertiary/aromatic N) is 2. The van der Waals surface area contributed by atoms with Crippen molar-refractivity contribution in [2.24, 2.45) is 0 Å². The van der Waals surface area contributed by atoms with Gasteiger partial charge in [0, 0.05) is 48.0 Å². The SMILES string of the molecule is O=C1CCN(C(=O)/C=C/c2ccc(-c3ccccc3[N+](=O)[O-])s2)CCN1. The lowest BCUT2D eigenvalue weighted by Crippen LogP contribution is -2.32. The van der Waals surface area contributed by atoms with Crippen LogP contribution in [0.5, 0.6) is 0 Å². The van der Waals surface area contributed by atoms with Gasteiger partial charge in [-0.2, -0.15) is 0 Å². The molecule has 8 heteroatoms. The minimum Gasteiger partial charge on any atom is -0.354 e. The summed E-state index contributed by atoms with van der Waals surface area (Å²) < 4.78 is 0. The molecule has 1 aromatic heterocycles. The van der Waals surface area contributed by atoms with Crippen LogP contribution in [0.25, 0.3) is 16.5 Å². The molecule has 2 aromatic rings. The van der Waals surface area contributed by atoms with Gasteiger partial charge in [-0.25, -0.2) is 0 Å².